The first kappa shape index (κ1) is 24.7. The average Bonchev–Trinajstić information content (AvgIpc) is 3.63. The van der Waals surface area contributed by atoms with Gasteiger partial charge in [0.2, 0.25) is 5.88 Å². The van der Waals surface area contributed by atoms with Crippen LogP contribution < -0.4 is 25.7 Å². The van der Waals surface area contributed by atoms with Crippen LogP contribution in [0, 0.1) is 0 Å². The van der Waals surface area contributed by atoms with Crippen molar-refractivity contribution in [1.29, 1.82) is 0 Å². The van der Waals surface area contributed by atoms with Crippen LogP contribution in [0.25, 0.3) is 31.1 Å². The number of furan rings is 1. The lowest BCUT2D eigenvalue weighted by Crippen LogP contribution is -2.42. The normalized spacial score (nSPS) is 16.7. The summed E-state index contributed by atoms with van der Waals surface area (Å²) in [6, 6.07) is 47.2. The Morgan fingerprint density at radius 1 is 0.523 bits per heavy atom. The lowest BCUT2D eigenvalue weighted by atomic mass is 10.1. The molecule has 0 saturated heterocycles. The molecule has 2 aliphatic heterocycles. The third-order valence-corrected chi connectivity index (χ3v) is 15.0. The van der Waals surface area contributed by atoms with Crippen molar-refractivity contribution >= 4 is 111 Å². The van der Waals surface area contributed by atoms with Crippen LogP contribution in [-0.4, -0.2) is 0 Å². The molecule has 2 aromatic heterocycles. The van der Waals surface area contributed by atoms with E-state index in [2.05, 4.69) is 149 Å². The minimum atomic E-state index is -2.58. The zero-order valence-corrected chi connectivity index (χ0v) is 25.9. The molecule has 0 fully saturated rings. The summed E-state index contributed by atoms with van der Waals surface area (Å²) in [5, 5.41) is 7.17. The van der Waals surface area contributed by atoms with Crippen LogP contribution in [0.4, 0.5) is 34.3 Å². The molecule has 10 rings (SSSR count). The van der Waals surface area contributed by atoms with Crippen LogP contribution in [0.1, 0.15) is 0 Å². The highest BCUT2D eigenvalue weighted by molar-refractivity contribution is 8.26. The fourth-order valence-corrected chi connectivity index (χ4v) is 13.3. The van der Waals surface area contributed by atoms with Crippen molar-refractivity contribution in [2.24, 2.45) is 0 Å². The standard InChI is InChI=1S/C38H23N2OPS2/c43-42-33-20-9-8-17-29(33)39(24-12-3-1-4-13-24)30-18-11-19-31(37(30)42)40(25-14-5-2-6-15-25)38-36(42)28-23-35-27(22-32(28)41-38)26-16-7-10-21-34(26)44-35/h1-23H. The molecule has 44 heavy (non-hydrogen) atoms. The molecule has 0 bridgehead atoms. The van der Waals surface area contributed by atoms with E-state index in [1.807, 2.05) is 11.3 Å². The first-order valence-electron chi connectivity index (χ1n) is 14.6. The number of rotatable bonds is 2. The molecule has 208 valence electrons. The summed E-state index contributed by atoms with van der Waals surface area (Å²) in [5.74, 6) is 0.837. The van der Waals surface area contributed by atoms with E-state index in [1.54, 1.807) is 0 Å². The van der Waals surface area contributed by atoms with Gasteiger partial charge >= 0.3 is 0 Å². The van der Waals surface area contributed by atoms with Crippen LogP contribution in [0.3, 0.4) is 0 Å². The fourth-order valence-electron chi connectivity index (χ4n) is 7.15. The Morgan fingerprint density at radius 2 is 1.16 bits per heavy atom. The lowest BCUT2D eigenvalue weighted by Gasteiger charge is -2.45. The van der Waals surface area contributed by atoms with Crippen molar-refractivity contribution in [2.75, 3.05) is 9.80 Å². The first-order chi connectivity index (χ1) is 21.7. The summed E-state index contributed by atoms with van der Waals surface area (Å²) in [6.45, 7) is 0. The molecule has 6 aromatic carbocycles. The molecule has 0 radical (unpaired) electrons. The second kappa shape index (κ2) is 8.93. The van der Waals surface area contributed by atoms with Gasteiger partial charge in [-0.1, -0.05) is 90.7 Å². The first-order valence-corrected chi connectivity index (χ1v) is 18.3. The van der Waals surface area contributed by atoms with Crippen LogP contribution in [0.15, 0.2) is 144 Å². The maximum atomic E-state index is 7.13. The number of anilines is 6. The van der Waals surface area contributed by atoms with Gasteiger partial charge in [-0.3, -0.25) is 4.90 Å². The van der Waals surface area contributed by atoms with E-state index in [1.165, 1.54) is 30.8 Å². The molecule has 0 N–H and O–H groups in total. The summed E-state index contributed by atoms with van der Waals surface area (Å²) in [5.41, 5.74) is 6.43. The number of hydrogen-bond acceptors (Lipinski definition) is 5. The van der Waals surface area contributed by atoms with Gasteiger partial charge in [-0.15, -0.1) is 11.3 Å². The topological polar surface area (TPSA) is 19.6 Å². The van der Waals surface area contributed by atoms with Crippen LogP contribution in [-0.2, 0) is 11.8 Å². The Hall–Kier alpha value is -4.67. The highest BCUT2D eigenvalue weighted by Gasteiger charge is 2.48. The smallest absolute Gasteiger partial charge is 0.214 e. The van der Waals surface area contributed by atoms with E-state index >= 15 is 0 Å². The van der Waals surface area contributed by atoms with E-state index < -0.39 is 6.04 Å². The number of benzene rings is 6. The van der Waals surface area contributed by atoms with Crippen molar-refractivity contribution in [3.05, 3.63) is 140 Å². The summed E-state index contributed by atoms with van der Waals surface area (Å²) in [7, 11) is 0. The monoisotopic (exact) mass is 618 g/mol. The molecule has 1 unspecified atom stereocenters. The Labute approximate surface area is 263 Å². The molecule has 1 atom stereocenters. The average molecular weight is 619 g/mol. The molecule has 8 aromatic rings. The predicted molar refractivity (Wildman–Crippen MR) is 192 cm³/mol. The predicted octanol–water partition coefficient (Wildman–Crippen LogP) is 10.1. The van der Waals surface area contributed by atoms with Gasteiger partial charge in [0, 0.05) is 47.5 Å². The minimum absolute atomic E-state index is 0.837. The summed E-state index contributed by atoms with van der Waals surface area (Å²) < 4.78 is 9.55. The van der Waals surface area contributed by atoms with Gasteiger partial charge in [0.25, 0.3) is 0 Å². The molecule has 0 spiro atoms. The SMILES string of the molecule is S=P12c3ccccc3N(c3ccccc3)c3cccc(c31)N(c1ccccc1)c1oc3cc4c(cc3c12)sc1ccccc14. The van der Waals surface area contributed by atoms with E-state index in [0.717, 1.165) is 50.6 Å². The van der Waals surface area contributed by atoms with Gasteiger partial charge in [-0.25, -0.2) is 0 Å². The van der Waals surface area contributed by atoms with Gasteiger partial charge in [0.15, 0.2) is 0 Å². The number of hydrogen-bond donors (Lipinski definition) is 0. The van der Waals surface area contributed by atoms with Gasteiger partial charge < -0.3 is 9.32 Å². The third kappa shape index (κ3) is 3.14. The number of thiophene rings is 1. The van der Waals surface area contributed by atoms with E-state index in [4.69, 9.17) is 16.2 Å². The van der Waals surface area contributed by atoms with Crippen molar-refractivity contribution in [2.45, 2.75) is 0 Å². The maximum Gasteiger partial charge on any atom is 0.214 e. The number of para-hydroxylation sites is 3. The molecule has 0 aliphatic carbocycles. The molecule has 4 heterocycles. The van der Waals surface area contributed by atoms with Crippen molar-refractivity contribution < 1.29 is 4.42 Å². The largest absolute Gasteiger partial charge is 0.439 e. The van der Waals surface area contributed by atoms with Gasteiger partial charge in [-0.2, -0.15) is 0 Å². The fraction of sp³-hybridized carbons (Fsp3) is 0. The zero-order valence-electron chi connectivity index (χ0n) is 23.3. The Kier molecular flexibility index (Phi) is 5.02. The summed E-state index contributed by atoms with van der Waals surface area (Å²) in [4.78, 5) is 4.68. The quantitative estimate of drug-likeness (QED) is 0.180. The van der Waals surface area contributed by atoms with E-state index in [0.29, 0.717) is 0 Å². The highest BCUT2D eigenvalue weighted by atomic mass is 32.4. The second-order valence-electron chi connectivity index (χ2n) is 11.3. The van der Waals surface area contributed by atoms with Crippen molar-refractivity contribution in [1.82, 2.24) is 0 Å². The molecule has 6 heteroatoms. The number of nitrogens with zero attached hydrogens (tertiary/aromatic N) is 2. The van der Waals surface area contributed by atoms with Crippen LogP contribution >= 0.6 is 17.4 Å². The molecule has 2 aliphatic rings. The Balaban J connectivity index is 1.38. The highest BCUT2D eigenvalue weighted by Crippen LogP contribution is 2.63. The summed E-state index contributed by atoms with van der Waals surface area (Å²) in [6.07, 6.45) is 0. The van der Waals surface area contributed by atoms with E-state index in [-0.39, 0.29) is 0 Å². The molecule has 0 saturated carbocycles. The lowest BCUT2D eigenvalue weighted by molar-refractivity contribution is 0.623. The third-order valence-electron chi connectivity index (χ3n) is 8.94. The van der Waals surface area contributed by atoms with Crippen LogP contribution in [0.5, 0.6) is 0 Å². The number of fused-ring (bicyclic) bond motifs is 9. The van der Waals surface area contributed by atoms with Crippen LogP contribution in [0.2, 0.25) is 0 Å². The van der Waals surface area contributed by atoms with Crippen molar-refractivity contribution in [3.63, 3.8) is 0 Å². The van der Waals surface area contributed by atoms with Gasteiger partial charge in [0.05, 0.1) is 28.4 Å². The Bertz CT molecular complexity index is 2500. The maximum absolute atomic E-state index is 7.13. The van der Waals surface area contributed by atoms with Gasteiger partial charge in [0.1, 0.15) is 5.58 Å². The molecule has 3 nitrogen and oxygen atoms in total. The minimum Gasteiger partial charge on any atom is -0.439 e. The van der Waals surface area contributed by atoms with Crippen molar-refractivity contribution in [3.8, 4) is 0 Å². The second-order valence-corrected chi connectivity index (χ2v) is 16.6. The summed E-state index contributed by atoms with van der Waals surface area (Å²) >= 11 is 8.97. The molecule has 0 amide bonds. The van der Waals surface area contributed by atoms with Gasteiger partial charge in [-0.05, 0) is 60.7 Å². The Morgan fingerprint density at radius 3 is 1.95 bits per heavy atom. The molecular weight excluding hydrogens is 596 g/mol. The van der Waals surface area contributed by atoms with E-state index in [9.17, 15) is 0 Å². The molecular formula is C38H23N2OPS2. The zero-order chi connectivity index (χ0) is 29.0.